The molecule has 5 heteroatoms. The fourth-order valence-electron chi connectivity index (χ4n) is 1.47. The maximum absolute atomic E-state index is 5.90. The molecule has 0 fully saturated rings. The summed E-state index contributed by atoms with van der Waals surface area (Å²) in [5.41, 5.74) is 1.09. The van der Waals surface area contributed by atoms with Gasteiger partial charge in [-0.15, -0.1) is 0 Å². The van der Waals surface area contributed by atoms with E-state index in [-0.39, 0.29) is 0 Å². The van der Waals surface area contributed by atoms with Crippen molar-refractivity contribution in [3.8, 4) is 0 Å². The Morgan fingerprint density at radius 1 is 1.17 bits per heavy atom. The van der Waals surface area contributed by atoms with E-state index in [1.165, 1.54) is 0 Å². The van der Waals surface area contributed by atoms with Crippen molar-refractivity contribution in [2.75, 3.05) is 0 Å². The van der Waals surface area contributed by atoms with Crippen molar-refractivity contribution in [3.05, 3.63) is 59.0 Å². The van der Waals surface area contributed by atoms with Gasteiger partial charge < -0.3 is 15.1 Å². The number of thiocarbonyl (C=S) groups is 1. The topological polar surface area (TPSA) is 37.2 Å². The minimum absolute atomic E-state index is 0.578. The summed E-state index contributed by atoms with van der Waals surface area (Å²) in [7, 11) is 0. The minimum Gasteiger partial charge on any atom is -0.467 e. The van der Waals surface area contributed by atoms with Gasteiger partial charge in [-0.3, -0.25) is 0 Å². The molecule has 1 aromatic heterocycles. The maximum atomic E-state index is 5.90. The molecule has 94 valence electrons. The summed E-state index contributed by atoms with van der Waals surface area (Å²) in [5.74, 6) is 0.849. The highest BCUT2D eigenvalue weighted by atomic mass is 35.5. The van der Waals surface area contributed by atoms with E-state index in [0.29, 0.717) is 18.2 Å². The molecule has 1 aromatic carbocycles. The SMILES string of the molecule is S=C(NCc1cccc(Cl)c1)NCc1ccco1. The molecule has 0 bridgehead atoms. The van der Waals surface area contributed by atoms with Gasteiger partial charge in [0.2, 0.25) is 0 Å². The Kier molecular flexibility index (Phi) is 4.61. The van der Waals surface area contributed by atoms with E-state index in [9.17, 15) is 0 Å². The van der Waals surface area contributed by atoms with Crippen LogP contribution in [-0.2, 0) is 13.1 Å². The van der Waals surface area contributed by atoms with Crippen molar-refractivity contribution in [3.63, 3.8) is 0 Å². The van der Waals surface area contributed by atoms with Crippen LogP contribution in [-0.4, -0.2) is 5.11 Å². The van der Waals surface area contributed by atoms with Gasteiger partial charge in [0, 0.05) is 11.6 Å². The van der Waals surface area contributed by atoms with E-state index >= 15 is 0 Å². The van der Waals surface area contributed by atoms with Crippen LogP contribution in [0.4, 0.5) is 0 Å². The van der Waals surface area contributed by atoms with E-state index in [1.807, 2.05) is 36.4 Å². The van der Waals surface area contributed by atoms with Crippen molar-refractivity contribution in [1.82, 2.24) is 10.6 Å². The average molecular weight is 281 g/mol. The van der Waals surface area contributed by atoms with Crippen LogP contribution in [0.5, 0.6) is 0 Å². The fraction of sp³-hybridized carbons (Fsp3) is 0.154. The van der Waals surface area contributed by atoms with Gasteiger partial charge >= 0.3 is 0 Å². The Labute approximate surface area is 116 Å². The zero-order valence-electron chi connectivity index (χ0n) is 9.65. The first-order valence-electron chi connectivity index (χ1n) is 5.52. The maximum Gasteiger partial charge on any atom is 0.166 e. The molecule has 0 saturated heterocycles. The van der Waals surface area contributed by atoms with Gasteiger partial charge in [0.1, 0.15) is 5.76 Å². The van der Waals surface area contributed by atoms with Crippen LogP contribution in [0.2, 0.25) is 5.02 Å². The summed E-state index contributed by atoms with van der Waals surface area (Å²) >= 11 is 11.1. The molecule has 18 heavy (non-hydrogen) atoms. The zero-order valence-corrected chi connectivity index (χ0v) is 11.2. The van der Waals surface area contributed by atoms with Crippen molar-refractivity contribution < 1.29 is 4.42 Å². The first-order valence-corrected chi connectivity index (χ1v) is 6.31. The number of hydrogen-bond donors (Lipinski definition) is 2. The summed E-state index contributed by atoms with van der Waals surface area (Å²) in [5, 5.41) is 7.49. The van der Waals surface area contributed by atoms with Gasteiger partial charge in [-0.1, -0.05) is 23.7 Å². The summed E-state index contributed by atoms with van der Waals surface area (Å²) in [6.07, 6.45) is 1.64. The summed E-state index contributed by atoms with van der Waals surface area (Å²) in [6, 6.07) is 11.4. The lowest BCUT2D eigenvalue weighted by atomic mass is 10.2. The second kappa shape index (κ2) is 6.42. The second-order valence-corrected chi connectivity index (χ2v) is 4.59. The third-order valence-electron chi connectivity index (χ3n) is 2.35. The van der Waals surface area contributed by atoms with E-state index < -0.39 is 0 Å². The van der Waals surface area contributed by atoms with Crippen LogP contribution >= 0.6 is 23.8 Å². The first kappa shape index (κ1) is 12.9. The van der Waals surface area contributed by atoms with E-state index in [4.69, 9.17) is 28.2 Å². The molecule has 0 aliphatic heterocycles. The van der Waals surface area contributed by atoms with Gasteiger partial charge in [-0.05, 0) is 42.0 Å². The van der Waals surface area contributed by atoms with Crippen molar-refractivity contribution in [2.24, 2.45) is 0 Å². The largest absolute Gasteiger partial charge is 0.467 e. The molecule has 0 atom stereocenters. The number of hydrogen-bond acceptors (Lipinski definition) is 2. The Hall–Kier alpha value is -1.52. The van der Waals surface area contributed by atoms with E-state index in [2.05, 4.69) is 10.6 Å². The molecule has 3 nitrogen and oxygen atoms in total. The third kappa shape index (κ3) is 4.05. The molecule has 0 aliphatic carbocycles. The first-order chi connectivity index (χ1) is 8.74. The Morgan fingerprint density at radius 2 is 2.00 bits per heavy atom. The molecule has 0 unspecified atom stereocenters. The van der Waals surface area contributed by atoms with Gasteiger partial charge in [-0.2, -0.15) is 0 Å². The lowest BCUT2D eigenvalue weighted by molar-refractivity contribution is 0.502. The van der Waals surface area contributed by atoms with Gasteiger partial charge in [0.05, 0.1) is 12.8 Å². The normalized spacial score (nSPS) is 10.1. The third-order valence-corrected chi connectivity index (χ3v) is 2.87. The molecular formula is C13H13ClN2OS. The molecule has 0 aliphatic rings. The number of halogens is 1. The molecule has 0 saturated carbocycles. The van der Waals surface area contributed by atoms with Crippen molar-refractivity contribution in [1.29, 1.82) is 0 Å². The molecule has 2 aromatic rings. The van der Waals surface area contributed by atoms with E-state index in [1.54, 1.807) is 6.26 Å². The number of benzene rings is 1. The molecule has 1 heterocycles. The van der Waals surface area contributed by atoms with Crippen LogP contribution < -0.4 is 10.6 Å². The lowest BCUT2D eigenvalue weighted by Gasteiger charge is -2.09. The van der Waals surface area contributed by atoms with Crippen LogP contribution in [0.1, 0.15) is 11.3 Å². The number of furan rings is 1. The lowest BCUT2D eigenvalue weighted by Crippen LogP contribution is -2.34. The molecular weight excluding hydrogens is 268 g/mol. The molecule has 2 rings (SSSR count). The van der Waals surface area contributed by atoms with Crippen molar-refractivity contribution in [2.45, 2.75) is 13.1 Å². The van der Waals surface area contributed by atoms with Crippen LogP contribution in [0.3, 0.4) is 0 Å². The molecule has 0 radical (unpaired) electrons. The number of rotatable bonds is 4. The standard InChI is InChI=1S/C13H13ClN2OS/c14-11-4-1-3-10(7-11)8-15-13(18)16-9-12-5-2-6-17-12/h1-7H,8-9H2,(H2,15,16,18). The average Bonchev–Trinajstić information content (AvgIpc) is 2.87. The summed E-state index contributed by atoms with van der Waals surface area (Å²) < 4.78 is 5.20. The van der Waals surface area contributed by atoms with Crippen LogP contribution in [0, 0.1) is 0 Å². The van der Waals surface area contributed by atoms with Gasteiger partial charge in [0.15, 0.2) is 5.11 Å². The Balaban J connectivity index is 1.75. The van der Waals surface area contributed by atoms with Gasteiger partial charge in [-0.25, -0.2) is 0 Å². The predicted octanol–water partition coefficient (Wildman–Crippen LogP) is 3.10. The second-order valence-electron chi connectivity index (χ2n) is 3.75. The van der Waals surface area contributed by atoms with Gasteiger partial charge in [0.25, 0.3) is 0 Å². The summed E-state index contributed by atoms with van der Waals surface area (Å²) in [6.45, 7) is 1.22. The molecule has 0 spiro atoms. The van der Waals surface area contributed by atoms with Crippen LogP contribution in [0.15, 0.2) is 47.1 Å². The summed E-state index contributed by atoms with van der Waals surface area (Å²) in [4.78, 5) is 0. The quantitative estimate of drug-likeness (QED) is 0.844. The van der Waals surface area contributed by atoms with Crippen LogP contribution in [0.25, 0.3) is 0 Å². The van der Waals surface area contributed by atoms with E-state index in [0.717, 1.165) is 16.3 Å². The fourth-order valence-corrected chi connectivity index (χ4v) is 1.83. The Bertz CT molecular complexity index is 513. The minimum atomic E-state index is 0.578. The number of nitrogens with one attached hydrogen (secondary N) is 2. The van der Waals surface area contributed by atoms with Crippen molar-refractivity contribution >= 4 is 28.9 Å². The highest BCUT2D eigenvalue weighted by Gasteiger charge is 1.99. The zero-order chi connectivity index (χ0) is 12.8. The predicted molar refractivity (Wildman–Crippen MR) is 76.4 cm³/mol. The smallest absolute Gasteiger partial charge is 0.166 e. The molecule has 2 N–H and O–H groups in total. The molecule has 0 amide bonds. The Morgan fingerprint density at radius 3 is 2.72 bits per heavy atom. The highest BCUT2D eigenvalue weighted by molar-refractivity contribution is 7.80. The monoisotopic (exact) mass is 280 g/mol. The highest BCUT2D eigenvalue weighted by Crippen LogP contribution is 2.10.